The van der Waals surface area contributed by atoms with Crippen molar-refractivity contribution in [2.24, 2.45) is 0 Å². The van der Waals surface area contributed by atoms with Crippen LogP contribution in [0.4, 0.5) is 0 Å². The van der Waals surface area contributed by atoms with Crippen LogP contribution in [0.2, 0.25) is 0 Å². The second-order valence-electron chi connectivity index (χ2n) is 4.71. The monoisotopic (exact) mass is 263 g/mol. The molecular weight excluding hydrogens is 246 g/mol. The van der Waals surface area contributed by atoms with Crippen molar-refractivity contribution in [2.75, 3.05) is 6.54 Å². The van der Waals surface area contributed by atoms with E-state index in [2.05, 4.69) is 0 Å². The molecule has 1 unspecified atom stereocenters. The first-order valence-electron chi connectivity index (χ1n) is 6.35. The van der Waals surface area contributed by atoms with Crippen LogP contribution in [-0.4, -0.2) is 39.6 Å². The summed E-state index contributed by atoms with van der Waals surface area (Å²) in [5.41, 5.74) is 0.844. The summed E-state index contributed by atoms with van der Waals surface area (Å²) >= 11 is 0. The first-order chi connectivity index (χ1) is 9.04. The Balaban J connectivity index is 2.28. The van der Waals surface area contributed by atoms with Gasteiger partial charge in [0.25, 0.3) is 0 Å². The lowest BCUT2D eigenvalue weighted by Gasteiger charge is -2.24. The van der Waals surface area contributed by atoms with Gasteiger partial charge in [-0.05, 0) is 24.1 Å². The van der Waals surface area contributed by atoms with Crippen LogP contribution in [0.1, 0.15) is 31.2 Å². The summed E-state index contributed by atoms with van der Waals surface area (Å²) in [5, 5.41) is 18.6. The molecular formula is C14H17NO4. The zero-order valence-electron chi connectivity index (χ0n) is 10.7. The molecule has 0 aliphatic carbocycles. The Kier molecular flexibility index (Phi) is 3.74. The molecule has 1 heterocycles. The van der Waals surface area contributed by atoms with E-state index in [-0.39, 0.29) is 17.6 Å². The molecule has 2 N–H and O–H groups in total. The molecule has 2 atom stereocenters. The Morgan fingerprint density at radius 2 is 1.95 bits per heavy atom. The zero-order valence-corrected chi connectivity index (χ0v) is 10.7. The summed E-state index contributed by atoms with van der Waals surface area (Å²) in [6.07, 6.45) is 0.944. The number of aliphatic carboxylic acids is 1. The van der Waals surface area contributed by atoms with Crippen LogP contribution in [-0.2, 0) is 9.59 Å². The summed E-state index contributed by atoms with van der Waals surface area (Å²) in [5.74, 6) is -1.17. The number of phenols is 1. The molecule has 5 nitrogen and oxygen atoms in total. The Morgan fingerprint density at radius 3 is 2.47 bits per heavy atom. The Hall–Kier alpha value is -2.04. The fourth-order valence-electron chi connectivity index (χ4n) is 2.65. The van der Waals surface area contributed by atoms with Crippen LogP contribution in [0.3, 0.4) is 0 Å². The summed E-state index contributed by atoms with van der Waals surface area (Å²) < 4.78 is 0. The van der Waals surface area contributed by atoms with E-state index in [0.717, 1.165) is 5.56 Å². The Bertz CT molecular complexity index is 483. The number of rotatable bonds is 3. The van der Waals surface area contributed by atoms with Gasteiger partial charge >= 0.3 is 5.97 Å². The summed E-state index contributed by atoms with van der Waals surface area (Å²) in [4.78, 5) is 24.7. The lowest BCUT2D eigenvalue weighted by Crippen LogP contribution is -2.42. The van der Waals surface area contributed by atoms with Crippen LogP contribution < -0.4 is 0 Å². The molecule has 0 bridgehead atoms. The number of benzene rings is 1. The predicted octanol–water partition coefficient (Wildman–Crippen LogP) is 1.57. The number of carbonyl (C=O) groups excluding carboxylic acids is 1. The van der Waals surface area contributed by atoms with Gasteiger partial charge in [-0.2, -0.15) is 0 Å². The molecule has 19 heavy (non-hydrogen) atoms. The van der Waals surface area contributed by atoms with Crippen LogP contribution in [0.5, 0.6) is 5.75 Å². The van der Waals surface area contributed by atoms with Gasteiger partial charge in [-0.25, -0.2) is 4.79 Å². The van der Waals surface area contributed by atoms with E-state index in [9.17, 15) is 19.8 Å². The number of carboxylic acids is 1. The summed E-state index contributed by atoms with van der Waals surface area (Å²) in [6.45, 7) is 2.20. The summed E-state index contributed by atoms with van der Waals surface area (Å²) in [7, 11) is 0. The maximum absolute atomic E-state index is 11.8. The van der Waals surface area contributed by atoms with Gasteiger partial charge in [-0.3, -0.25) is 4.79 Å². The largest absolute Gasteiger partial charge is 0.508 e. The van der Waals surface area contributed by atoms with Crippen molar-refractivity contribution in [1.82, 2.24) is 4.90 Å². The van der Waals surface area contributed by atoms with Crippen molar-refractivity contribution in [3.05, 3.63) is 29.8 Å². The summed E-state index contributed by atoms with van der Waals surface area (Å²) in [6, 6.07) is 5.71. The number of carboxylic acid groups (broad SMARTS) is 1. The molecule has 0 spiro atoms. The highest BCUT2D eigenvalue weighted by Gasteiger charge is 2.41. The molecule has 1 aliphatic heterocycles. The highest BCUT2D eigenvalue weighted by molar-refractivity contribution is 5.85. The smallest absolute Gasteiger partial charge is 0.327 e. The van der Waals surface area contributed by atoms with E-state index in [1.54, 1.807) is 31.2 Å². The van der Waals surface area contributed by atoms with Gasteiger partial charge in [0.15, 0.2) is 0 Å². The number of carbonyl (C=O) groups is 2. The van der Waals surface area contributed by atoms with Crippen LogP contribution in [0.15, 0.2) is 24.3 Å². The van der Waals surface area contributed by atoms with Crippen molar-refractivity contribution < 1.29 is 19.8 Å². The van der Waals surface area contributed by atoms with Crippen molar-refractivity contribution >= 4 is 11.9 Å². The number of likely N-dealkylation sites (tertiary alicyclic amines) is 1. The molecule has 1 aliphatic rings. The maximum Gasteiger partial charge on any atom is 0.327 e. The van der Waals surface area contributed by atoms with E-state index in [1.165, 1.54) is 4.90 Å². The van der Waals surface area contributed by atoms with Gasteiger partial charge in [0.1, 0.15) is 11.8 Å². The van der Waals surface area contributed by atoms with Crippen LogP contribution in [0, 0.1) is 0 Å². The Morgan fingerprint density at radius 1 is 1.32 bits per heavy atom. The fraction of sp³-hybridized carbons (Fsp3) is 0.429. The normalized spacial score (nSPS) is 22.5. The van der Waals surface area contributed by atoms with Crippen molar-refractivity contribution in [1.29, 1.82) is 0 Å². The number of hydrogen-bond acceptors (Lipinski definition) is 3. The molecule has 5 heteroatoms. The van der Waals surface area contributed by atoms with E-state index in [4.69, 9.17) is 0 Å². The first kappa shape index (κ1) is 13.4. The topological polar surface area (TPSA) is 77.8 Å². The molecule has 1 fully saturated rings. The minimum atomic E-state index is -0.975. The van der Waals surface area contributed by atoms with Gasteiger partial charge in [-0.15, -0.1) is 0 Å². The van der Waals surface area contributed by atoms with Crippen LogP contribution in [0.25, 0.3) is 0 Å². The molecule has 0 saturated carbocycles. The average Bonchev–Trinajstić information content (AvgIpc) is 2.83. The number of phenolic OH excluding ortho intramolecular Hbond substituents is 1. The second kappa shape index (κ2) is 5.30. The zero-order chi connectivity index (χ0) is 14.0. The third-order valence-corrected chi connectivity index (χ3v) is 3.59. The Labute approximate surface area is 111 Å². The number of amides is 1. The quantitative estimate of drug-likeness (QED) is 0.867. The van der Waals surface area contributed by atoms with Crippen molar-refractivity contribution in [3.63, 3.8) is 0 Å². The third kappa shape index (κ3) is 2.54. The number of aromatic hydroxyl groups is 1. The molecule has 1 amide bonds. The van der Waals surface area contributed by atoms with E-state index >= 15 is 0 Å². The highest BCUT2D eigenvalue weighted by Crippen LogP contribution is 2.34. The molecule has 1 saturated heterocycles. The minimum Gasteiger partial charge on any atom is -0.508 e. The van der Waals surface area contributed by atoms with Gasteiger partial charge in [0.2, 0.25) is 5.91 Å². The SMILES string of the molecule is CCC(=O)N1CCC(c2ccc(O)cc2)[C@H]1C(=O)O. The van der Waals surface area contributed by atoms with E-state index < -0.39 is 12.0 Å². The molecule has 2 rings (SSSR count). The predicted molar refractivity (Wildman–Crippen MR) is 68.9 cm³/mol. The van der Waals surface area contributed by atoms with E-state index in [0.29, 0.717) is 19.4 Å². The number of hydrogen-bond donors (Lipinski definition) is 2. The molecule has 1 aromatic carbocycles. The van der Waals surface area contributed by atoms with Crippen molar-refractivity contribution in [2.45, 2.75) is 31.7 Å². The standard InChI is InChI=1S/C14H17NO4/c1-2-12(17)15-8-7-11(13(15)14(18)19)9-3-5-10(16)6-4-9/h3-6,11,13,16H,2,7-8H2,1H3,(H,18,19)/t11?,13-/m0/s1. The fourth-order valence-corrected chi connectivity index (χ4v) is 2.65. The minimum absolute atomic E-state index is 0.131. The lowest BCUT2D eigenvalue weighted by molar-refractivity contribution is -0.148. The third-order valence-electron chi connectivity index (χ3n) is 3.59. The molecule has 102 valence electrons. The van der Waals surface area contributed by atoms with E-state index in [1.807, 2.05) is 0 Å². The number of nitrogens with zero attached hydrogens (tertiary/aromatic N) is 1. The van der Waals surface area contributed by atoms with Gasteiger partial charge in [0, 0.05) is 18.9 Å². The molecule has 1 aromatic rings. The van der Waals surface area contributed by atoms with Gasteiger partial charge in [0.05, 0.1) is 0 Å². The van der Waals surface area contributed by atoms with Gasteiger partial charge in [-0.1, -0.05) is 19.1 Å². The maximum atomic E-state index is 11.8. The second-order valence-corrected chi connectivity index (χ2v) is 4.71. The lowest BCUT2D eigenvalue weighted by atomic mass is 9.91. The van der Waals surface area contributed by atoms with Crippen molar-refractivity contribution in [3.8, 4) is 5.75 Å². The molecule has 0 aromatic heterocycles. The van der Waals surface area contributed by atoms with Gasteiger partial charge < -0.3 is 15.1 Å². The first-order valence-corrected chi connectivity index (χ1v) is 6.35. The molecule has 0 radical (unpaired) electrons. The highest BCUT2D eigenvalue weighted by atomic mass is 16.4. The average molecular weight is 263 g/mol. The van der Waals surface area contributed by atoms with Crippen LogP contribution >= 0.6 is 0 Å².